The van der Waals surface area contributed by atoms with Gasteiger partial charge in [0.25, 0.3) is 15.9 Å². The van der Waals surface area contributed by atoms with E-state index in [1.54, 1.807) is 25.1 Å². The van der Waals surface area contributed by atoms with Crippen LogP contribution >= 0.6 is 0 Å². The Kier molecular flexibility index (Phi) is 7.21. The molecule has 0 aromatic heterocycles. The van der Waals surface area contributed by atoms with E-state index in [0.29, 0.717) is 30.0 Å². The van der Waals surface area contributed by atoms with Crippen molar-refractivity contribution in [2.24, 2.45) is 0 Å². The molecule has 3 aromatic rings. The van der Waals surface area contributed by atoms with Crippen LogP contribution in [-0.4, -0.2) is 40.1 Å². The van der Waals surface area contributed by atoms with Gasteiger partial charge in [-0.05, 0) is 87.2 Å². The first-order valence-electron chi connectivity index (χ1n) is 11.6. The Morgan fingerprint density at radius 2 is 1.47 bits per heavy atom. The van der Waals surface area contributed by atoms with Gasteiger partial charge in [0, 0.05) is 24.3 Å². The van der Waals surface area contributed by atoms with Gasteiger partial charge in [-0.25, -0.2) is 16.8 Å². The predicted molar refractivity (Wildman–Crippen MR) is 140 cm³/mol. The first-order chi connectivity index (χ1) is 17.0. The lowest BCUT2D eigenvalue weighted by molar-refractivity contribution is 0.102. The molecule has 1 amide bonds. The van der Waals surface area contributed by atoms with Crippen LogP contribution in [0.2, 0.25) is 0 Å². The van der Waals surface area contributed by atoms with Crippen LogP contribution in [0.25, 0.3) is 0 Å². The molecule has 1 fully saturated rings. The fraction of sp³-hybridized carbons (Fsp3) is 0.269. The van der Waals surface area contributed by atoms with Gasteiger partial charge in [0.15, 0.2) is 0 Å². The zero-order valence-corrected chi connectivity index (χ0v) is 22.0. The van der Waals surface area contributed by atoms with E-state index in [0.717, 1.165) is 24.0 Å². The van der Waals surface area contributed by atoms with E-state index < -0.39 is 26.0 Å². The molecule has 0 atom stereocenters. The molecular weight excluding hydrogens is 498 g/mol. The second kappa shape index (κ2) is 10.0. The number of nitrogens with one attached hydrogen (secondary N) is 2. The second-order valence-electron chi connectivity index (χ2n) is 8.99. The summed E-state index contributed by atoms with van der Waals surface area (Å²) < 4.78 is 55.7. The standard InChI is InChI=1S/C26H29N3O5S2/c1-18-6-13-24(20(3)16-18)28-35(31,32)25-17-21(8-7-19(25)2)26(30)27-22-9-11-23(12-10-22)36(33,34)29-14-4-5-15-29/h6-13,16-17,28H,4-5,14-15H2,1-3H3,(H,27,30). The molecule has 0 spiro atoms. The summed E-state index contributed by atoms with van der Waals surface area (Å²) in [6, 6.07) is 15.8. The third-order valence-electron chi connectivity index (χ3n) is 6.18. The summed E-state index contributed by atoms with van der Waals surface area (Å²) in [5.74, 6) is -0.506. The van der Waals surface area contributed by atoms with Crippen molar-refractivity contribution in [2.75, 3.05) is 23.1 Å². The largest absolute Gasteiger partial charge is 0.322 e. The van der Waals surface area contributed by atoms with Crippen LogP contribution in [-0.2, 0) is 20.0 Å². The van der Waals surface area contributed by atoms with Crippen molar-refractivity contribution in [3.63, 3.8) is 0 Å². The third kappa shape index (κ3) is 5.45. The monoisotopic (exact) mass is 527 g/mol. The van der Waals surface area contributed by atoms with E-state index in [9.17, 15) is 21.6 Å². The van der Waals surface area contributed by atoms with E-state index in [1.807, 2.05) is 26.0 Å². The molecule has 190 valence electrons. The molecule has 1 heterocycles. The van der Waals surface area contributed by atoms with Gasteiger partial charge < -0.3 is 5.32 Å². The fourth-order valence-corrected chi connectivity index (χ4v) is 7.07. The first kappa shape index (κ1) is 25.9. The lowest BCUT2D eigenvalue weighted by Gasteiger charge is -2.16. The first-order valence-corrected chi connectivity index (χ1v) is 14.5. The minimum atomic E-state index is -3.94. The molecule has 1 aliphatic rings. The number of sulfonamides is 2. The van der Waals surface area contributed by atoms with Gasteiger partial charge in [-0.15, -0.1) is 0 Å². The molecule has 2 N–H and O–H groups in total. The van der Waals surface area contributed by atoms with Gasteiger partial charge in [-0.1, -0.05) is 23.8 Å². The van der Waals surface area contributed by atoms with Crippen molar-refractivity contribution in [1.82, 2.24) is 4.31 Å². The number of nitrogens with zero attached hydrogens (tertiary/aromatic N) is 1. The molecule has 1 saturated heterocycles. The zero-order valence-electron chi connectivity index (χ0n) is 20.4. The Labute approximate surface area is 212 Å². The molecule has 0 radical (unpaired) electrons. The van der Waals surface area contributed by atoms with E-state index >= 15 is 0 Å². The Bertz CT molecular complexity index is 1510. The quantitative estimate of drug-likeness (QED) is 0.471. The molecule has 0 saturated carbocycles. The summed E-state index contributed by atoms with van der Waals surface area (Å²) in [5.41, 5.74) is 3.35. The Hall–Kier alpha value is -3.21. The number of anilines is 2. The van der Waals surface area contributed by atoms with Crippen LogP contribution in [0.1, 0.15) is 39.9 Å². The Balaban J connectivity index is 1.53. The van der Waals surface area contributed by atoms with Gasteiger partial charge in [0.1, 0.15) is 0 Å². The van der Waals surface area contributed by atoms with Crippen LogP contribution in [0.3, 0.4) is 0 Å². The molecule has 36 heavy (non-hydrogen) atoms. The molecule has 1 aliphatic heterocycles. The number of rotatable bonds is 7. The van der Waals surface area contributed by atoms with E-state index in [1.165, 1.54) is 34.6 Å². The Morgan fingerprint density at radius 1 is 0.806 bits per heavy atom. The number of hydrogen-bond acceptors (Lipinski definition) is 5. The summed E-state index contributed by atoms with van der Waals surface area (Å²) in [5, 5.41) is 2.71. The molecule has 3 aromatic carbocycles. The third-order valence-corrected chi connectivity index (χ3v) is 9.60. The minimum absolute atomic E-state index is 0.00202. The summed E-state index contributed by atoms with van der Waals surface area (Å²) in [6.07, 6.45) is 1.70. The van der Waals surface area contributed by atoms with E-state index in [-0.39, 0.29) is 15.4 Å². The van der Waals surface area contributed by atoms with Gasteiger partial charge in [0.05, 0.1) is 15.5 Å². The number of carbonyl (C=O) groups is 1. The average molecular weight is 528 g/mol. The maximum absolute atomic E-state index is 13.1. The average Bonchev–Trinajstić information content (AvgIpc) is 3.37. The lowest BCUT2D eigenvalue weighted by atomic mass is 10.1. The Morgan fingerprint density at radius 3 is 2.11 bits per heavy atom. The highest BCUT2D eigenvalue weighted by atomic mass is 32.2. The van der Waals surface area contributed by atoms with E-state index in [4.69, 9.17) is 0 Å². The topological polar surface area (TPSA) is 113 Å². The van der Waals surface area contributed by atoms with Crippen molar-refractivity contribution >= 4 is 37.3 Å². The summed E-state index contributed by atoms with van der Waals surface area (Å²) in [6.45, 7) is 6.44. The predicted octanol–water partition coefficient (Wildman–Crippen LogP) is 4.45. The van der Waals surface area contributed by atoms with Crippen molar-refractivity contribution < 1.29 is 21.6 Å². The van der Waals surface area contributed by atoms with Gasteiger partial charge >= 0.3 is 0 Å². The van der Waals surface area contributed by atoms with Gasteiger partial charge in [0.2, 0.25) is 10.0 Å². The van der Waals surface area contributed by atoms with Crippen LogP contribution < -0.4 is 10.0 Å². The van der Waals surface area contributed by atoms with Crippen LogP contribution in [0.15, 0.2) is 70.5 Å². The summed E-state index contributed by atoms with van der Waals surface area (Å²) >= 11 is 0. The van der Waals surface area contributed by atoms with Crippen LogP contribution in [0.5, 0.6) is 0 Å². The maximum atomic E-state index is 13.1. The smallest absolute Gasteiger partial charge is 0.262 e. The number of aryl methyl sites for hydroxylation is 3. The van der Waals surface area contributed by atoms with Crippen molar-refractivity contribution in [3.05, 3.63) is 82.9 Å². The molecule has 0 bridgehead atoms. The van der Waals surface area contributed by atoms with E-state index in [2.05, 4.69) is 10.0 Å². The molecule has 8 nitrogen and oxygen atoms in total. The fourth-order valence-electron chi connectivity index (χ4n) is 4.15. The van der Waals surface area contributed by atoms with Gasteiger partial charge in [-0.2, -0.15) is 4.31 Å². The highest BCUT2D eigenvalue weighted by Gasteiger charge is 2.27. The molecular formula is C26H29N3O5S2. The highest BCUT2D eigenvalue weighted by Crippen LogP contribution is 2.25. The lowest BCUT2D eigenvalue weighted by Crippen LogP contribution is -2.27. The molecule has 10 heteroatoms. The SMILES string of the molecule is Cc1ccc(NS(=O)(=O)c2cc(C(=O)Nc3ccc(S(=O)(=O)N4CCCC4)cc3)ccc2C)c(C)c1. The normalized spacial score (nSPS) is 14.5. The molecule has 0 aliphatic carbocycles. The highest BCUT2D eigenvalue weighted by molar-refractivity contribution is 7.92. The maximum Gasteiger partial charge on any atom is 0.262 e. The summed E-state index contributed by atoms with van der Waals surface area (Å²) in [4.78, 5) is 13.1. The minimum Gasteiger partial charge on any atom is -0.322 e. The number of amides is 1. The second-order valence-corrected chi connectivity index (χ2v) is 12.6. The molecule has 0 unspecified atom stereocenters. The zero-order chi connectivity index (χ0) is 26.1. The number of hydrogen-bond donors (Lipinski definition) is 2. The number of carbonyl (C=O) groups excluding carboxylic acids is 1. The van der Waals surface area contributed by atoms with Crippen LogP contribution in [0.4, 0.5) is 11.4 Å². The number of benzene rings is 3. The molecule has 4 rings (SSSR count). The van der Waals surface area contributed by atoms with Crippen molar-refractivity contribution in [2.45, 2.75) is 43.4 Å². The van der Waals surface area contributed by atoms with Crippen LogP contribution in [0, 0.1) is 20.8 Å². The summed E-state index contributed by atoms with van der Waals surface area (Å²) in [7, 11) is -7.49. The van der Waals surface area contributed by atoms with Gasteiger partial charge in [-0.3, -0.25) is 9.52 Å². The van der Waals surface area contributed by atoms with Crippen molar-refractivity contribution in [1.29, 1.82) is 0 Å². The van der Waals surface area contributed by atoms with Crippen molar-refractivity contribution in [3.8, 4) is 0 Å².